The van der Waals surface area contributed by atoms with Crippen LogP contribution in [0, 0.1) is 0 Å². The van der Waals surface area contributed by atoms with Crippen LogP contribution in [0.25, 0.3) is 0 Å². The summed E-state index contributed by atoms with van der Waals surface area (Å²) in [6, 6.07) is 6.19. The van der Waals surface area contributed by atoms with Crippen LogP contribution in [0.15, 0.2) is 29.6 Å². The summed E-state index contributed by atoms with van der Waals surface area (Å²) < 4.78 is 5.08. The van der Waals surface area contributed by atoms with Gasteiger partial charge in [0.1, 0.15) is 4.88 Å². The number of hydrogen-bond acceptors (Lipinski definition) is 4. The summed E-state index contributed by atoms with van der Waals surface area (Å²) in [5, 5.41) is 5.06. The Morgan fingerprint density at radius 1 is 1.18 bits per heavy atom. The average Bonchev–Trinajstić information content (AvgIpc) is 2.98. The minimum Gasteiger partial charge on any atom is -0.448 e. The fourth-order valence-electron chi connectivity index (χ4n) is 1.52. The SMILES string of the molecule is CC(OC(=O)c1cccs1)C(=O)Nc1cc(Cl)c(Cl)cc1Cl. The lowest BCUT2D eigenvalue weighted by Crippen LogP contribution is -2.29. The molecule has 1 heterocycles. The first-order valence-electron chi connectivity index (χ1n) is 6.08. The summed E-state index contributed by atoms with van der Waals surface area (Å²) in [7, 11) is 0. The highest BCUT2D eigenvalue weighted by Crippen LogP contribution is 2.32. The fraction of sp³-hybridized carbons (Fsp3) is 0.143. The van der Waals surface area contributed by atoms with E-state index in [9.17, 15) is 9.59 Å². The fourth-order valence-corrected chi connectivity index (χ4v) is 2.72. The van der Waals surface area contributed by atoms with Crippen molar-refractivity contribution < 1.29 is 14.3 Å². The van der Waals surface area contributed by atoms with Crippen molar-refractivity contribution in [3.8, 4) is 0 Å². The molecule has 1 atom stereocenters. The highest BCUT2D eigenvalue weighted by molar-refractivity contribution is 7.11. The molecule has 0 aliphatic heterocycles. The molecule has 22 heavy (non-hydrogen) atoms. The van der Waals surface area contributed by atoms with Gasteiger partial charge in [0.25, 0.3) is 5.91 Å². The summed E-state index contributed by atoms with van der Waals surface area (Å²) in [6.07, 6.45) is -0.986. The number of nitrogens with one attached hydrogen (secondary N) is 1. The van der Waals surface area contributed by atoms with Gasteiger partial charge in [0.2, 0.25) is 0 Å². The standard InChI is InChI=1S/C14H10Cl3NO3S/c1-7(21-14(20)12-3-2-4-22-12)13(19)18-11-6-9(16)8(15)5-10(11)17/h2-7H,1H3,(H,18,19). The molecule has 2 aromatic rings. The molecular weight excluding hydrogens is 369 g/mol. The minimum atomic E-state index is -0.986. The van der Waals surface area contributed by atoms with Crippen LogP contribution < -0.4 is 5.32 Å². The largest absolute Gasteiger partial charge is 0.448 e. The predicted molar refractivity (Wildman–Crippen MR) is 89.3 cm³/mol. The molecule has 1 aromatic carbocycles. The maximum Gasteiger partial charge on any atom is 0.349 e. The molecule has 4 nitrogen and oxygen atoms in total. The number of esters is 1. The van der Waals surface area contributed by atoms with E-state index in [4.69, 9.17) is 39.5 Å². The third-order valence-electron chi connectivity index (χ3n) is 2.64. The third kappa shape index (κ3) is 4.14. The smallest absolute Gasteiger partial charge is 0.349 e. The second kappa shape index (κ2) is 7.33. The molecular formula is C14H10Cl3NO3S. The highest BCUT2D eigenvalue weighted by Gasteiger charge is 2.20. The number of rotatable bonds is 4. The Bertz CT molecular complexity index is 704. The molecule has 0 saturated carbocycles. The maximum atomic E-state index is 12.0. The van der Waals surface area contributed by atoms with Gasteiger partial charge in [-0.15, -0.1) is 11.3 Å². The molecule has 8 heteroatoms. The predicted octanol–water partition coefficient (Wildman–Crippen LogP) is 4.89. The summed E-state index contributed by atoms with van der Waals surface area (Å²) >= 11 is 18.9. The van der Waals surface area contributed by atoms with Crippen LogP contribution in [0.1, 0.15) is 16.6 Å². The van der Waals surface area contributed by atoms with Gasteiger partial charge < -0.3 is 10.1 Å². The van der Waals surface area contributed by atoms with E-state index in [0.29, 0.717) is 10.6 Å². The van der Waals surface area contributed by atoms with Crippen molar-refractivity contribution in [3.05, 3.63) is 49.6 Å². The Hall–Kier alpha value is -1.27. The van der Waals surface area contributed by atoms with E-state index in [-0.39, 0.29) is 15.1 Å². The molecule has 0 radical (unpaired) electrons. The maximum absolute atomic E-state index is 12.0. The van der Waals surface area contributed by atoms with E-state index in [1.54, 1.807) is 17.5 Å². The van der Waals surface area contributed by atoms with Crippen molar-refractivity contribution in [2.45, 2.75) is 13.0 Å². The van der Waals surface area contributed by atoms with Crippen LogP contribution >= 0.6 is 46.1 Å². The first kappa shape index (κ1) is 17.1. The van der Waals surface area contributed by atoms with Crippen molar-refractivity contribution in [2.75, 3.05) is 5.32 Å². The van der Waals surface area contributed by atoms with Crippen molar-refractivity contribution in [1.29, 1.82) is 0 Å². The lowest BCUT2D eigenvalue weighted by molar-refractivity contribution is -0.123. The quantitative estimate of drug-likeness (QED) is 0.608. The minimum absolute atomic E-state index is 0.236. The van der Waals surface area contributed by atoms with E-state index < -0.39 is 18.0 Å². The Balaban J connectivity index is 2.03. The zero-order chi connectivity index (χ0) is 16.3. The van der Waals surface area contributed by atoms with E-state index in [2.05, 4.69) is 5.32 Å². The first-order valence-corrected chi connectivity index (χ1v) is 8.09. The second-order valence-corrected chi connectivity index (χ2v) is 6.43. The average molecular weight is 379 g/mol. The van der Waals surface area contributed by atoms with Gasteiger partial charge in [0.15, 0.2) is 6.10 Å². The number of anilines is 1. The van der Waals surface area contributed by atoms with Crippen molar-refractivity contribution in [1.82, 2.24) is 0 Å². The number of benzene rings is 1. The molecule has 0 aliphatic carbocycles. The van der Waals surface area contributed by atoms with E-state index in [0.717, 1.165) is 0 Å². The van der Waals surface area contributed by atoms with Gasteiger partial charge in [-0.3, -0.25) is 4.79 Å². The molecule has 0 bridgehead atoms. The van der Waals surface area contributed by atoms with Gasteiger partial charge >= 0.3 is 5.97 Å². The molecule has 0 saturated heterocycles. The Kier molecular flexibility index (Phi) is 5.69. The number of amides is 1. The third-order valence-corrected chi connectivity index (χ3v) is 4.53. The van der Waals surface area contributed by atoms with Crippen LogP contribution in [-0.2, 0) is 9.53 Å². The van der Waals surface area contributed by atoms with Crippen LogP contribution in [0.4, 0.5) is 5.69 Å². The molecule has 0 fully saturated rings. The number of halogens is 3. The van der Waals surface area contributed by atoms with Gasteiger partial charge in [0.05, 0.1) is 20.8 Å². The normalized spacial score (nSPS) is 11.8. The first-order chi connectivity index (χ1) is 10.4. The molecule has 2 rings (SSSR count). The molecule has 1 amide bonds. The zero-order valence-electron chi connectivity index (χ0n) is 11.2. The summed E-state index contributed by atoms with van der Waals surface area (Å²) in [4.78, 5) is 24.3. The van der Waals surface area contributed by atoms with E-state index >= 15 is 0 Å². The molecule has 0 spiro atoms. The molecule has 1 N–H and O–H groups in total. The van der Waals surface area contributed by atoms with Gasteiger partial charge in [0, 0.05) is 0 Å². The molecule has 1 unspecified atom stereocenters. The van der Waals surface area contributed by atoms with E-state index in [1.165, 1.54) is 30.4 Å². The van der Waals surface area contributed by atoms with Crippen molar-refractivity contribution >= 4 is 63.7 Å². The van der Waals surface area contributed by atoms with Gasteiger partial charge in [-0.2, -0.15) is 0 Å². The number of hydrogen-bond donors (Lipinski definition) is 1. The summed E-state index contributed by atoms with van der Waals surface area (Å²) in [5.74, 6) is -1.08. The summed E-state index contributed by atoms with van der Waals surface area (Å²) in [5.41, 5.74) is 0.292. The Morgan fingerprint density at radius 2 is 1.86 bits per heavy atom. The lowest BCUT2D eigenvalue weighted by atomic mass is 10.3. The Labute approximate surface area is 145 Å². The second-order valence-electron chi connectivity index (χ2n) is 4.26. The zero-order valence-corrected chi connectivity index (χ0v) is 14.3. The number of carbonyl (C=O) groups excluding carboxylic acids is 2. The number of thiophene rings is 1. The molecule has 0 aliphatic rings. The monoisotopic (exact) mass is 377 g/mol. The Morgan fingerprint density at radius 3 is 2.50 bits per heavy atom. The number of carbonyl (C=O) groups is 2. The lowest BCUT2D eigenvalue weighted by Gasteiger charge is -2.14. The topological polar surface area (TPSA) is 55.4 Å². The van der Waals surface area contributed by atoms with E-state index in [1.807, 2.05) is 0 Å². The highest BCUT2D eigenvalue weighted by atomic mass is 35.5. The number of ether oxygens (including phenoxy) is 1. The van der Waals surface area contributed by atoms with Crippen LogP contribution in [0.5, 0.6) is 0 Å². The molecule has 116 valence electrons. The summed E-state index contributed by atoms with van der Waals surface area (Å²) in [6.45, 7) is 1.46. The van der Waals surface area contributed by atoms with Crippen LogP contribution in [-0.4, -0.2) is 18.0 Å². The van der Waals surface area contributed by atoms with Crippen LogP contribution in [0.2, 0.25) is 15.1 Å². The van der Waals surface area contributed by atoms with Gasteiger partial charge in [-0.05, 0) is 30.5 Å². The van der Waals surface area contributed by atoms with Crippen LogP contribution in [0.3, 0.4) is 0 Å². The van der Waals surface area contributed by atoms with Gasteiger partial charge in [-0.25, -0.2) is 4.79 Å². The molecule has 1 aromatic heterocycles. The van der Waals surface area contributed by atoms with Gasteiger partial charge in [-0.1, -0.05) is 40.9 Å². The van der Waals surface area contributed by atoms with Crippen molar-refractivity contribution in [2.24, 2.45) is 0 Å². The van der Waals surface area contributed by atoms with Crippen molar-refractivity contribution in [3.63, 3.8) is 0 Å².